The highest BCUT2D eigenvalue weighted by Crippen LogP contribution is 2.02. The Labute approximate surface area is 116 Å². The summed E-state index contributed by atoms with van der Waals surface area (Å²) in [5.74, 6) is -2.16. The molecule has 0 saturated carbocycles. The van der Waals surface area contributed by atoms with Crippen LogP contribution in [0.15, 0.2) is 24.5 Å². The van der Waals surface area contributed by atoms with Gasteiger partial charge in [-0.05, 0) is 24.5 Å². The minimum absolute atomic E-state index is 0.0106. The molecule has 7 nitrogen and oxygen atoms in total. The molecule has 1 heterocycles. The molecule has 0 radical (unpaired) electrons. The van der Waals surface area contributed by atoms with Crippen LogP contribution in [0.1, 0.15) is 24.8 Å². The van der Waals surface area contributed by atoms with Crippen LogP contribution in [0.25, 0.3) is 0 Å². The van der Waals surface area contributed by atoms with E-state index in [4.69, 9.17) is 10.8 Å². The van der Waals surface area contributed by atoms with E-state index in [0.717, 1.165) is 5.56 Å². The zero-order valence-corrected chi connectivity index (χ0v) is 10.9. The zero-order valence-electron chi connectivity index (χ0n) is 10.9. The van der Waals surface area contributed by atoms with Crippen molar-refractivity contribution >= 4 is 17.8 Å². The van der Waals surface area contributed by atoms with Crippen molar-refractivity contribution in [1.29, 1.82) is 0 Å². The highest BCUT2D eigenvalue weighted by Gasteiger charge is 2.20. The quantitative estimate of drug-likeness (QED) is 0.610. The molecule has 0 bridgehead atoms. The van der Waals surface area contributed by atoms with Gasteiger partial charge in [0.2, 0.25) is 11.8 Å². The average molecular weight is 279 g/mol. The molecule has 0 unspecified atom stereocenters. The molecular formula is C13H17N3O4. The number of carbonyl (C=O) groups is 3. The van der Waals surface area contributed by atoms with E-state index in [1.807, 2.05) is 6.07 Å². The smallest absolute Gasteiger partial charge is 0.326 e. The summed E-state index contributed by atoms with van der Waals surface area (Å²) in [6, 6.07) is 2.51. The number of nitrogens with two attached hydrogens (primary N) is 1. The molecule has 0 aliphatic rings. The lowest BCUT2D eigenvalue weighted by atomic mass is 10.1. The predicted octanol–water partition coefficient (Wildman–Crippen LogP) is -0.151. The van der Waals surface area contributed by atoms with Gasteiger partial charge in [0.15, 0.2) is 0 Å². The van der Waals surface area contributed by atoms with Crippen LogP contribution in [0.3, 0.4) is 0 Å². The van der Waals surface area contributed by atoms with Crippen molar-refractivity contribution in [3.05, 3.63) is 30.1 Å². The van der Waals surface area contributed by atoms with Crippen molar-refractivity contribution in [2.24, 2.45) is 5.73 Å². The molecule has 0 aromatic carbocycles. The number of aryl methyl sites for hydroxylation is 1. The fraction of sp³-hybridized carbons (Fsp3) is 0.385. The largest absolute Gasteiger partial charge is 0.480 e. The number of pyridine rings is 1. The van der Waals surface area contributed by atoms with E-state index in [0.29, 0.717) is 6.42 Å². The number of carbonyl (C=O) groups excluding carboxylic acids is 2. The van der Waals surface area contributed by atoms with Gasteiger partial charge >= 0.3 is 5.97 Å². The van der Waals surface area contributed by atoms with Crippen molar-refractivity contribution < 1.29 is 19.5 Å². The van der Waals surface area contributed by atoms with E-state index in [-0.39, 0.29) is 25.2 Å². The Kier molecular flexibility index (Phi) is 6.15. The summed E-state index contributed by atoms with van der Waals surface area (Å²) >= 11 is 0. The van der Waals surface area contributed by atoms with E-state index >= 15 is 0 Å². The number of rotatable bonds is 8. The maximum Gasteiger partial charge on any atom is 0.326 e. The Morgan fingerprint density at radius 2 is 2.10 bits per heavy atom. The third-order valence-corrected chi connectivity index (χ3v) is 2.68. The maximum atomic E-state index is 11.7. The average Bonchev–Trinajstić information content (AvgIpc) is 2.41. The molecule has 7 heteroatoms. The molecule has 0 aliphatic heterocycles. The Balaban J connectivity index is 2.41. The summed E-state index contributed by atoms with van der Waals surface area (Å²) in [6.07, 6.45) is 3.82. The third-order valence-electron chi connectivity index (χ3n) is 2.68. The van der Waals surface area contributed by atoms with Crippen LogP contribution >= 0.6 is 0 Å². The Hall–Kier alpha value is -2.44. The number of aromatic nitrogens is 1. The van der Waals surface area contributed by atoms with Gasteiger partial charge in [-0.1, -0.05) is 6.07 Å². The van der Waals surface area contributed by atoms with E-state index in [1.54, 1.807) is 18.5 Å². The summed E-state index contributed by atoms with van der Waals surface area (Å²) in [5, 5.41) is 11.3. The molecule has 0 saturated heterocycles. The van der Waals surface area contributed by atoms with Gasteiger partial charge in [0.05, 0.1) is 0 Å². The number of carboxylic acid groups (broad SMARTS) is 1. The van der Waals surface area contributed by atoms with Gasteiger partial charge in [0, 0.05) is 25.2 Å². The molecule has 4 N–H and O–H groups in total. The van der Waals surface area contributed by atoms with Crippen molar-refractivity contribution in [1.82, 2.24) is 10.3 Å². The summed E-state index contributed by atoms with van der Waals surface area (Å²) in [5.41, 5.74) is 5.85. The van der Waals surface area contributed by atoms with Gasteiger partial charge in [0.1, 0.15) is 6.04 Å². The molecule has 0 spiro atoms. The molecule has 1 rings (SSSR count). The van der Waals surface area contributed by atoms with Gasteiger partial charge in [-0.3, -0.25) is 14.6 Å². The monoisotopic (exact) mass is 279 g/mol. The van der Waals surface area contributed by atoms with Crippen LogP contribution in [-0.4, -0.2) is 33.9 Å². The van der Waals surface area contributed by atoms with Crippen LogP contribution in [0.4, 0.5) is 0 Å². The number of nitrogens with one attached hydrogen (secondary N) is 1. The van der Waals surface area contributed by atoms with Gasteiger partial charge < -0.3 is 16.2 Å². The minimum atomic E-state index is -1.18. The first-order valence-corrected chi connectivity index (χ1v) is 6.18. The number of nitrogens with zero attached hydrogens (tertiary/aromatic N) is 1. The van der Waals surface area contributed by atoms with Crippen molar-refractivity contribution in [3.8, 4) is 0 Å². The first-order valence-electron chi connectivity index (χ1n) is 6.18. The molecule has 2 amide bonds. The molecule has 108 valence electrons. The Bertz CT molecular complexity index is 476. The van der Waals surface area contributed by atoms with E-state index in [1.165, 1.54) is 0 Å². The van der Waals surface area contributed by atoms with Gasteiger partial charge in [-0.2, -0.15) is 0 Å². The number of primary amides is 1. The lowest BCUT2D eigenvalue weighted by molar-refractivity contribution is -0.142. The first kappa shape index (κ1) is 15.6. The van der Waals surface area contributed by atoms with Crippen LogP contribution in [0, 0.1) is 0 Å². The van der Waals surface area contributed by atoms with Crippen molar-refractivity contribution in [3.63, 3.8) is 0 Å². The molecule has 1 aromatic heterocycles. The second kappa shape index (κ2) is 7.88. The van der Waals surface area contributed by atoms with Crippen molar-refractivity contribution in [2.45, 2.75) is 31.7 Å². The van der Waals surface area contributed by atoms with E-state index in [2.05, 4.69) is 10.3 Å². The van der Waals surface area contributed by atoms with Gasteiger partial charge in [0.25, 0.3) is 0 Å². The molecule has 1 atom stereocenters. The highest BCUT2D eigenvalue weighted by molar-refractivity contribution is 5.84. The molecule has 20 heavy (non-hydrogen) atoms. The number of amides is 2. The SMILES string of the molecule is NC(=O)CC[C@H](NC(=O)CCc1cccnc1)C(=O)O. The van der Waals surface area contributed by atoms with Crippen LogP contribution in [0.5, 0.6) is 0 Å². The summed E-state index contributed by atoms with van der Waals surface area (Å²) in [4.78, 5) is 37.2. The number of aliphatic carboxylic acids is 1. The topological polar surface area (TPSA) is 122 Å². The fourth-order valence-electron chi connectivity index (χ4n) is 1.61. The standard InChI is InChI=1S/C13H17N3O4/c14-11(17)5-4-10(13(19)20)16-12(18)6-3-9-2-1-7-15-8-9/h1-2,7-8,10H,3-6H2,(H2,14,17)(H,16,18)(H,19,20)/t10-/m0/s1. The fourth-order valence-corrected chi connectivity index (χ4v) is 1.61. The van der Waals surface area contributed by atoms with Crippen LogP contribution < -0.4 is 11.1 Å². The molecule has 0 aliphatic carbocycles. The van der Waals surface area contributed by atoms with Crippen LogP contribution in [0.2, 0.25) is 0 Å². The second-order valence-electron chi connectivity index (χ2n) is 4.32. The minimum Gasteiger partial charge on any atom is -0.480 e. The Morgan fingerprint density at radius 1 is 1.35 bits per heavy atom. The van der Waals surface area contributed by atoms with Gasteiger partial charge in [-0.15, -0.1) is 0 Å². The second-order valence-corrected chi connectivity index (χ2v) is 4.32. The first-order chi connectivity index (χ1) is 9.49. The maximum absolute atomic E-state index is 11.7. The zero-order chi connectivity index (χ0) is 15.0. The third kappa shape index (κ3) is 5.94. The summed E-state index contributed by atoms with van der Waals surface area (Å²) < 4.78 is 0. The molecular weight excluding hydrogens is 262 g/mol. The number of hydrogen-bond donors (Lipinski definition) is 3. The van der Waals surface area contributed by atoms with E-state index < -0.39 is 17.9 Å². The predicted molar refractivity (Wildman–Crippen MR) is 70.6 cm³/mol. The Morgan fingerprint density at radius 3 is 2.65 bits per heavy atom. The normalized spacial score (nSPS) is 11.6. The summed E-state index contributed by atoms with van der Waals surface area (Å²) in [6.45, 7) is 0. The van der Waals surface area contributed by atoms with E-state index in [9.17, 15) is 14.4 Å². The lowest BCUT2D eigenvalue weighted by Crippen LogP contribution is -2.41. The number of hydrogen-bond acceptors (Lipinski definition) is 4. The van der Waals surface area contributed by atoms with Crippen molar-refractivity contribution in [2.75, 3.05) is 0 Å². The highest BCUT2D eigenvalue weighted by atomic mass is 16.4. The molecule has 1 aromatic rings. The summed E-state index contributed by atoms with van der Waals surface area (Å²) in [7, 11) is 0. The molecule has 0 fully saturated rings. The number of carboxylic acids is 1. The lowest BCUT2D eigenvalue weighted by Gasteiger charge is -2.13. The van der Waals surface area contributed by atoms with Crippen LogP contribution in [-0.2, 0) is 20.8 Å². The van der Waals surface area contributed by atoms with Gasteiger partial charge in [-0.25, -0.2) is 4.79 Å².